The molecule has 1 atom stereocenters. The summed E-state index contributed by atoms with van der Waals surface area (Å²) in [4.78, 5) is 10.3. The number of halogens is 1. The van der Waals surface area contributed by atoms with Gasteiger partial charge in [0.2, 0.25) is 0 Å². The first-order chi connectivity index (χ1) is 4.98. The van der Waals surface area contributed by atoms with Crippen LogP contribution in [-0.4, -0.2) is 22.8 Å². The summed E-state index contributed by atoms with van der Waals surface area (Å²) in [6, 6.07) is -1.41. The third-order valence-corrected chi connectivity index (χ3v) is 2.00. The van der Waals surface area contributed by atoms with E-state index >= 15 is 0 Å². The molecule has 0 fully saturated rings. The minimum Gasteiger partial charge on any atom is -0.480 e. The Bertz CT molecular complexity index is 145. The van der Waals surface area contributed by atoms with E-state index in [2.05, 4.69) is 0 Å². The number of rotatable bonds is 4. The molecule has 0 amide bonds. The summed E-state index contributed by atoms with van der Waals surface area (Å²) in [6.45, 7) is 3.18. The third-order valence-electron chi connectivity index (χ3n) is 2.00. The van der Waals surface area contributed by atoms with E-state index in [1.165, 1.54) is 0 Å². The molecule has 66 valence electrons. The molecule has 0 heterocycles. The first kappa shape index (κ1) is 10.4. The standard InChI is InChI=1S/C7H14FNO2/c1-3-7(8,4-2)5(9)6(10)11/h5H,3-4,9H2,1-2H3,(H,10,11). The highest BCUT2D eigenvalue weighted by Gasteiger charge is 2.37. The summed E-state index contributed by atoms with van der Waals surface area (Å²) in [5.74, 6) is -1.28. The Kier molecular flexibility index (Phi) is 3.45. The maximum absolute atomic E-state index is 13.4. The van der Waals surface area contributed by atoms with Crippen molar-refractivity contribution in [3.05, 3.63) is 0 Å². The molecule has 0 bridgehead atoms. The SMILES string of the molecule is CCC(F)(CC)C(N)C(=O)O. The minimum atomic E-state index is -1.76. The van der Waals surface area contributed by atoms with Gasteiger partial charge in [-0.15, -0.1) is 0 Å². The van der Waals surface area contributed by atoms with Gasteiger partial charge in [0.25, 0.3) is 0 Å². The summed E-state index contributed by atoms with van der Waals surface area (Å²) >= 11 is 0. The number of aliphatic carboxylic acids is 1. The number of carboxylic acid groups (broad SMARTS) is 1. The highest BCUT2D eigenvalue weighted by atomic mass is 19.1. The van der Waals surface area contributed by atoms with Crippen molar-refractivity contribution in [2.24, 2.45) is 5.73 Å². The van der Waals surface area contributed by atoms with Crippen LogP contribution in [0.3, 0.4) is 0 Å². The lowest BCUT2D eigenvalue weighted by molar-refractivity contribution is -0.142. The van der Waals surface area contributed by atoms with Crippen LogP contribution in [0.25, 0.3) is 0 Å². The molecule has 0 aliphatic heterocycles. The second kappa shape index (κ2) is 3.67. The van der Waals surface area contributed by atoms with Crippen LogP contribution in [0.1, 0.15) is 26.7 Å². The van der Waals surface area contributed by atoms with Gasteiger partial charge in [0, 0.05) is 0 Å². The number of hydrogen-bond acceptors (Lipinski definition) is 2. The van der Waals surface area contributed by atoms with E-state index < -0.39 is 17.7 Å². The molecule has 4 heteroatoms. The van der Waals surface area contributed by atoms with E-state index in [9.17, 15) is 9.18 Å². The molecule has 0 radical (unpaired) electrons. The van der Waals surface area contributed by atoms with Crippen LogP contribution in [0.2, 0.25) is 0 Å². The fourth-order valence-corrected chi connectivity index (χ4v) is 0.911. The van der Waals surface area contributed by atoms with E-state index in [0.29, 0.717) is 0 Å². The van der Waals surface area contributed by atoms with E-state index in [4.69, 9.17) is 10.8 Å². The Morgan fingerprint density at radius 3 is 2.09 bits per heavy atom. The second-order valence-electron chi connectivity index (χ2n) is 2.56. The summed E-state index contributed by atoms with van der Waals surface area (Å²) in [5.41, 5.74) is 3.38. The molecule has 3 N–H and O–H groups in total. The van der Waals surface area contributed by atoms with Gasteiger partial charge in [0.15, 0.2) is 0 Å². The van der Waals surface area contributed by atoms with E-state index in [1.807, 2.05) is 0 Å². The van der Waals surface area contributed by atoms with Crippen molar-refractivity contribution in [1.82, 2.24) is 0 Å². The first-order valence-corrected chi connectivity index (χ1v) is 3.65. The second-order valence-corrected chi connectivity index (χ2v) is 2.56. The van der Waals surface area contributed by atoms with E-state index in [1.54, 1.807) is 13.8 Å². The van der Waals surface area contributed by atoms with E-state index in [-0.39, 0.29) is 12.8 Å². The molecule has 0 saturated carbocycles. The van der Waals surface area contributed by atoms with Crippen LogP contribution in [0.5, 0.6) is 0 Å². The summed E-state index contributed by atoms with van der Waals surface area (Å²) in [5, 5.41) is 8.41. The molecule has 0 aromatic heterocycles. The van der Waals surface area contributed by atoms with Crippen molar-refractivity contribution >= 4 is 5.97 Å². The van der Waals surface area contributed by atoms with Crippen molar-refractivity contribution < 1.29 is 14.3 Å². The lowest BCUT2D eigenvalue weighted by Crippen LogP contribution is -2.49. The molecule has 3 nitrogen and oxygen atoms in total. The molecule has 0 spiro atoms. The molecule has 0 rings (SSSR count). The van der Waals surface area contributed by atoms with Crippen molar-refractivity contribution in [2.75, 3.05) is 0 Å². The fourth-order valence-electron chi connectivity index (χ4n) is 0.911. The third kappa shape index (κ3) is 2.15. The molecular formula is C7H14FNO2. The number of carboxylic acids is 1. The molecule has 0 aromatic rings. The largest absolute Gasteiger partial charge is 0.480 e. The van der Waals surface area contributed by atoms with Gasteiger partial charge >= 0.3 is 5.97 Å². The number of nitrogens with two attached hydrogens (primary N) is 1. The van der Waals surface area contributed by atoms with Gasteiger partial charge in [-0.3, -0.25) is 4.79 Å². The number of carbonyl (C=O) groups is 1. The van der Waals surface area contributed by atoms with Gasteiger partial charge in [-0.05, 0) is 12.8 Å². The van der Waals surface area contributed by atoms with Crippen LogP contribution < -0.4 is 5.73 Å². The molecule has 0 aliphatic rings. The number of alkyl halides is 1. The maximum atomic E-state index is 13.4. The Balaban J connectivity index is 4.36. The van der Waals surface area contributed by atoms with E-state index in [0.717, 1.165) is 0 Å². The molecule has 1 unspecified atom stereocenters. The van der Waals surface area contributed by atoms with Crippen LogP contribution in [0.4, 0.5) is 4.39 Å². The number of hydrogen-bond donors (Lipinski definition) is 2. The Hall–Kier alpha value is -0.640. The fraction of sp³-hybridized carbons (Fsp3) is 0.857. The zero-order chi connectivity index (χ0) is 9.07. The maximum Gasteiger partial charge on any atom is 0.323 e. The molecule has 11 heavy (non-hydrogen) atoms. The first-order valence-electron chi connectivity index (χ1n) is 3.65. The van der Waals surface area contributed by atoms with Crippen LogP contribution in [0, 0.1) is 0 Å². The highest BCUT2D eigenvalue weighted by Crippen LogP contribution is 2.23. The van der Waals surface area contributed by atoms with Crippen LogP contribution in [0.15, 0.2) is 0 Å². The topological polar surface area (TPSA) is 63.3 Å². The molecule has 0 aromatic carbocycles. The van der Waals surface area contributed by atoms with Gasteiger partial charge in [-0.2, -0.15) is 0 Å². The zero-order valence-corrected chi connectivity index (χ0v) is 6.80. The van der Waals surface area contributed by atoms with Gasteiger partial charge in [0.05, 0.1) is 0 Å². The van der Waals surface area contributed by atoms with Crippen molar-refractivity contribution in [3.8, 4) is 0 Å². The van der Waals surface area contributed by atoms with Gasteiger partial charge in [-0.1, -0.05) is 13.8 Å². The lowest BCUT2D eigenvalue weighted by atomic mass is 9.91. The summed E-state index contributed by atoms with van der Waals surface area (Å²) < 4.78 is 13.4. The van der Waals surface area contributed by atoms with Gasteiger partial charge in [0.1, 0.15) is 11.7 Å². The molecule has 0 saturated heterocycles. The van der Waals surface area contributed by atoms with Crippen molar-refractivity contribution in [1.29, 1.82) is 0 Å². The molecular weight excluding hydrogens is 149 g/mol. The van der Waals surface area contributed by atoms with Crippen molar-refractivity contribution in [2.45, 2.75) is 38.4 Å². The van der Waals surface area contributed by atoms with Crippen LogP contribution in [-0.2, 0) is 4.79 Å². The highest BCUT2D eigenvalue weighted by molar-refractivity contribution is 5.74. The monoisotopic (exact) mass is 163 g/mol. The summed E-state index contributed by atoms with van der Waals surface area (Å²) in [7, 11) is 0. The van der Waals surface area contributed by atoms with Crippen molar-refractivity contribution in [3.63, 3.8) is 0 Å². The minimum absolute atomic E-state index is 0.136. The zero-order valence-electron chi connectivity index (χ0n) is 6.80. The Morgan fingerprint density at radius 1 is 1.64 bits per heavy atom. The van der Waals surface area contributed by atoms with Gasteiger partial charge in [-0.25, -0.2) is 4.39 Å². The average Bonchev–Trinajstić information content (AvgIpc) is 2.01. The Morgan fingerprint density at radius 2 is 2.00 bits per heavy atom. The lowest BCUT2D eigenvalue weighted by Gasteiger charge is -2.25. The average molecular weight is 163 g/mol. The van der Waals surface area contributed by atoms with Gasteiger partial charge < -0.3 is 10.8 Å². The normalized spacial score (nSPS) is 14.5. The predicted molar refractivity (Wildman–Crippen MR) is 40.0 cm³/mol. The smallest absolute Gasteiger partial charge is 0.323 e. The predicted octanol–water partition coefficient (Wildman–Crippen LogP) is 0.927. The molecule has 0 aliphatic carbocycles. The van der Waals surface area contributed by atoms with Crippen LogP contribution >= 0.6 is 0 Å². The Labute approximate surface area is 65.4 Å². The quantitative estimate of drug-likeness (QED) is 0.648. The summed E-state index contributed by atoms with van der Waals surface area (Å²) in [6.07, 6.45) is 0.272.